The fourth-order valence-corrected chi connectivity index (χ4v) is 4.02. The van der Waals surface area contributed by atoms with Gasteiger partial charge in [-0.05, 0) is 19.9 Å². The quantitative estimate of drug-likeness (QED) is 0.533. The van der Waals surface area contributed by atoms with E-state index in [0.29, 0.717) is 5.95 Å². The summed E-state index contributed by atoms with van der Waals surface area (Å²) in [6.45, 7) is 6.92. The summed E-state index contributed by atoms with van der Waals surface area (Å²) in [5.41, 5.74) is 4.87. The van der Waals surface area contributed by atoms with Gasteiger partial charge in [0.2, 0.25) is 5.95 Å². The molecular formula is C21H25N9O. The van der Waals surface area contributed by atoms with E-state index in [1.807, 2.05) is 35.6 Å². The number of aromatic nitrogens is 7. The van der Waals surface area contributed by atoms with Gasteiger partial charge in [-0.2, -0.15) is 10.2 Å². The normalized spacial score (nSPS) is 15.6. The molecule has 1 unspecified atom stereocenters. The molecule has 0 aromatic carbocycles. The van der Waals surface area contributed by atoms with E-state index in [2.05, 4.69) is 41.0 Å². The maximum atomic E-state index is 9.64. The Bertz CT molecular complexity index is 1200. The Hall–Kier alpha value is -3.53. The fourth-order valence-electron chi connectivity index (χ4n) is 4.02. The molecule has 1 aliphatic heterocycles. The molecule has 1 fully saturated rings. The van der Waals surface area contributed by atoms with E-state index in [4.69, 9.17) is 0 Å². The summed E-state index contributed by atoms with van der Waals surface area (Å²) in [4.78, 5) is 17.9. The van der Waals surface area contributed by atoms with Gasteiger partial charge in [0.05, 0.1) is 11.8 Å². The zero-order valence-electron chi connectivity index (χ0n) is 17.8. The monoisotopic (exact) mass is 419 g/mol. The lowest BCUT2D eigenvalue weighted by Crippen LogP contribution is -2.47. The van der Waals surface area contributed by atoms with E-state index in [0.717, 1.165) is 59.9 Å². The van der Waals surface area contributed by atoms with Crippen LogP contribution in [0.5, 0.6) is 0 Å². The molecular weight excluding hydrogens is 394 g/mol. The lowest BCUT2D eigenvalue weighted by Gasteiger charge is -2.35. The highest BCUT2D eigenvalue weighted by atomic mass is 16.3. The van der Waals surface area contributed by atoms with Crippen molar-refractivity contribution >= 4 is 17.3 Å². The van der Waals surface area contributed by atoms with Crippen LogP contribution in [0.1, 0.15) is 24.3 Å². The number of piperazine rings is 1. The molecule has 1 N–H and O–H groups in total. The first-order chi connectivity index (χ1) is 15.0. The molecule has 1 saturated heterocycles. The van der Waals surface area contributed by atoms with Crippen molar-refractivity contribution in [2.24, 2.45) is 7.05 Å². The molecule has 0 aliphatic carbocycles. The standard InChI is InChI=1S/C21H25N9O/c1-14-18(12-27(3)26-14)16-8-19-20(24-13-25-30(19)11-16)28-4-6-29(7-5-28)21-22-9-17(10-23-21)15(2)31/h8-13,15,31H,4-7H2,1-3H3. The summed E-state index contributed by atoms with van der Waals surface area (Å²) in [7, 11) is 1.93. The minimum absolute atomic E-state index is 0.562. The summed E-state index contributed by atoms with van der Waals surface area (Å²) >= 11 is 0. The van der Waals surface area contributed by atoms with Crippen LogP contribution >= 0.6 is 0 Å². The van der Waals surface area contributed by atoms with Gasteiger partial charge in [-0.15, -0.1) is 0 Å². The van der Waals surface area contributed by atoms with Crippen molar-refractivity contribution < 1.29 is 5.11 Å². The maximum absolute atomic E-state index is 9.64. The molecule has 4 aromatic rings. The molecule has 31 heavy (non-hydrogen) atoms. The summed E-state index contributed by atoms with van der Waals surface area (Å²) in [6.07, 6.45) is 8.48. The molecule has 10 heteroatoms. The molecule has 0 radical (unpaired) electrons. The minimum atomic E-state index is -0.562. The van der Waals surface area contributed by atoms with Gasteiger partial charge in [-0.25, -0.2) is 19.5 Å². The van der Waals surface area contributed by atoms with Gasteiger partial charge in [0, 0.05) is 74.7 Å². The molecule has 160 valence electrons. The van der Waals surface area contributed by atoms with Crippen molar-refractivity contribution in [3.8, 4) is 11.1 Å². The van der Waals surface area contributed by atoms with Crippen molar-refractivity contribution in [2.75, 3.05) is 36.0 Å². The van der Waals surface area contributed by atoms with Crippen molar-refractivity contribution in [3.05, 3.63) is 48.4 Å². The second kappa shape index (κ2) is 7.62. The Labute approximate surface area is 179 Å². The number of aliphatic hydroxyl groups is 1. The highest BCUT2D eigenvalue weighted by Gasteiger charge is 2.23. The van der Waals surface area contributed by atoms with Crippen LogP contribution in [0.25, 0.3) is 16.6 Å². The van der Waals surface area contributed by atoms with E-state index in [1.54, 1.807) is 25.6 Å². The number of nitrogens with zero attached hydrogens (tertiary/aromatic N) is 9. The van der Waals surface area contributed by atoms with Crippen molar-refractivity contribution in [1.29, 1.82) is 0 Å². The third-order valence-corrected chi connectivity index (χ3v) is 5.71. The highest BCUT2D eigenvalue weighted by molar-refractivity contribution is 5.78. The van der Waals surface area contributed by atoms with Crippen LogP contribution in [-0.4, -0.2) is 65.6 Å². The smallest absolute Gasteiger partial charge is 0.225 e. The van der Waals surface area contributed by atoms with Crippen LogP contribution in [0, 0.1) is 6.92 Å². The molecule has 10 nitrogen and oxygen atoms in total. The predicted octanol–water partition coefficient (Wildman–Crippen LogP) is 1.61. The van der Waals surface area contributed by atoms with Gasteiger partial charge in [-0.3, -0.25) is 4.68 Å². The van der Waals surface area contributed by atoms with Gasteiger partial charge in [0.1, 0.15) is 11.8 Å². The Morgan fingerprint density at radius 2 is 1.71 bits per heavy atom. The SMILES string of the molecule is Cc1nn(C)cc1-c1cc2c(N3CCN(c4ncc(C(C)O)cn4)CC3)ncnn2c1. The average Bonchev–Trinajstić information content (AvgIpc) is 3.36. The first-order valence-electron chi connectivity index (χ1n) is 10.3. The molecule has 1 atom stereocenters. The van der Waals surface area contributed by atoms with Gasteiger partial charge in [0.15, 0.2) is 5.82 Å². The lowest BCUT2D eigenvalue weighted by atomic mass is 10.1. The Balaban J connectivity index is 1.36. The van der Waals surface area contributed by atoms with E-state index in [1.165, 1.54) is 0 Å². The number of hydrogen-bond acceptors (Lipinski definition) is 8. The van der Waals surface area contributed by atoms with Crippen LogP contribution in [-0.2, 0) is 7.05 Å². The van der Waals surface area contributed by atoms with Gasteiger partial charge in [-0.1, -0.05) is 0 Å². The van der Waals surface area contributed by atoms with Crippen LogP contribution in [0.4, 0.5) is 11.8 Å². The number of rotatable bonds is 4. The first kappa shape index (κ1) is 19.4. The van der Waals surface area contributed by atoms with E-state index < -0.39 is 6.10 Å². The molecule has 5 heterocycles. The largest absolute Gasteiger partial charge is 0.389 e. The Kier molecular flexibility index (Phi) is 4.78. The fraction of sp³-hybridized carbons (Fsp3) is 0.381. The molecule has 5 rings (SSSR count). The molecule has 1 aliphatic rings. The zero-order chi connectivity index (χ0) is 21.5. The number of hydrogen-bond donors (Lipinski definition) is 1. The second-order valence-electron chi connectivity index (χ2n) is 7.91. The summed E-state index contributed by atoms with van der Waals surface area (Å²) in [6, 6.07) is 2.13. The number of aryl methyl sites for hydroxylation is 2. The summed E-state index contributed by atoms with van der Waals surface area (Å²) < 4.78 is 3.71. The predicted molar refractivity (Wildman–Crippen MR) is 117 cm³/mol. The van der Waals surface area contributed by atoms with Crippen molar-refractivity contribution in [2.45, 2.75) is 20.0 Å². The molecule has 0 amide bonds. The minimum Gasteiger partial charge on any atom is -0.389 e. The zero-order valence-corrected chi connectivity index (χ0v) is 17.8. The summed E-state index contributed by atoms with van der Waals surface area (Å²) in [5, 5.41) is 18.5. The third-order valence-electron chi connectivity index (χ3n) is 5.71. The molecule has 0 spiro atoms. The van der Waals surface area contributed by atoms with Crippen LogP contribution < -0.4 is 9.80 Å². The second-order valence-corrected chi connectivity index (χ2v) is 7.91. The number of fused-ring (bicyclic) bond motifs is 1. The van der Waals surface area contributed by atoms with E-state index in [-0.39, 0.29) is 0 Å². The van der Waals surface area contributed by atoms with Crippen molar-refractivity contribution in [3.63, 3.8) is 0 Å². The lowest BCUT2D eigenvalue weighted by molar-refractivity contribution is 0.198. The number of anilines is 2. The molecule has 0 bridgehead atoms. The molecule has 0 saturated carbocycles. The maximum Gasteiger partial charge on any atom is 0.225 e. The van der Waals surface area contributed by atoms with Crippen LogP contribution in [0.3, 0.4) is 0 Å². The average molecular weight is 419 g/mol. The Morgan fingerprint density at radius 1 is 1.00 bits per heavy atom. The van der Waals surface area contributed by atoms with Crippen LogP contribution in [0.2, 0.25) is 0 Å². The van der Waals surface area contributed by atoms with Crippen LogP contribution in [0.15, 0.2) is 37.2 Å². The topological polar surface area (TPSA) is 100 Å². The first-order valence-corrected chi connectivity index (χ1v) is 10.3. The van der Waals surface area contributed by atoms with Gasteiger partial charge >= 0.3 is 0 Å². The third kappa shape index (κ3) is 3.59. The number of aliphatic hydroxyl groups excluding tert-OH is 1. The van der Waals surface area contributed by atoms with Gasteiger partial charge < -0.3 is 14.9 Å². The van der Waals surface area contributed by atoms with E-state index in [9.17, 15) is 5.11 Å². The highest BCUT2D eigenvalue weighted by Crippen LogP contribution is 2.29. The van der Waals surface area contributed by atoms with Crippen molar-refractivity contribution in [1.82, 2.24) is 34.3 Å². The summed E-state index contributed by atoms with van der Waals surface area (Å²) in [5.74, 6) is 1.61. The Morgan fingerprint density at radius 3 is 2.35 bits per heavy atom. The molecule has 4 aromatic heterocycles. The van der Waals surface area contributed by atoms with Gasteiger partial charge in [0.25, 0.3) is 0 Å². The van der Waals surface area contributed by atoms with E-state index >= 15 is 0 Å².